The van der Waals surface area contributed by atoms with Crippen LogP contribution in [0.25, 0.3) is 0 Å². The van der Waals surface area contributed by atoms with Crippen molar-refractivity contribution in [3.8, 4) is 0 Å². The zero-order chi connectivity index (χ0) is 10.7. The first-order valence-corrected chi connectivity index (χ1v) is 5.31. The monoisotopic (exact) mass is 204 g/mol. The molecule has 4 heteroatoms. The van der Waals surface area contributed by atoms with Gasteiger partial charge in [-0.15, -0.1) is 0 Å². The van der Waals surface area contributed by atoms with E-state index < -0.39 is 0 Å². The van der Waals surface area contributed by atoms with Crippen LogP contribution in [0.4, 0.5) is 0 Å². The second-order valence-electron chi connectivity index (χ2n) is 3.75. The largest absolute Gasteiger partial charge is 0.270 e. The fourth-order valence-corrected chi connectivity index (χ4v) is 1.45. The van der Waals surface area contributed by atoms with Gasteiger partial charge in [-0.3, -0.25) is 9.36 Å². The molecule has 0 fully saturated rings. The number of aromatic nitrogens is 4. The van der Waals surface area contributed by atoms with Crippen LogP contribution in [0.2, 0.25) is 0 Å². The molecule has 2 rings (SSSR count). The third-order valence-corrected chi connectivity index (χ3v) is 2.59. The van der Waals surface area contributed by atoms with E-state index in [2.05, 4.69) is 24.0 Å². The molecule has 2 aromatic rings. The third-order valence-electron chi connectivity index (χ3n) is 2.59. The van der Waals surface area contributed by atoms with E-state index in [1.165, 1.54) is 0 Å². The van der Waals surface area contributed by atoms with Crippen molar-refractivity contribution >= 4 is 0 Å². The molecule has 0 N–H and O–H groups in total. The first kappa shape index (κ1) is 9.96. The van der Waals surface area contributed by atoms with Crippen LogP contribution in [-0.4, -0.2) is 19.6 Å². The minimum atomic E-state index is 0.469. The number of nitrogens with zero attached hydrogens (tertiary/aromatic N) is 4. The normalized spacial score (nSPS) is 12.9. The van der Waals surface area contributed by atoms with E-state index >= 15 is 0 Å². The van der Waals surface area contributed by atoms with Crippen LogP contribution in [0.1, 0.15) is 32.0 Å². The molecule has 0 spiro atoms. The van der Waals surface area contributed by atoms with E-state index in [4.69, 9.17) is 0 Å². The second kappa shape index (κ2) is 4.29. The molecule has 0 amide bonds. The van der Waals surface area contributed by atoms with Gasteiger partial charge in [0.25, 0.3) is 0 Å². The Balaban J connectivity index is 2.07. The van der Waals surface area contributed by atoms with Crippen molar-refractivity contribution in [1.82, 2.24) is 19.6 Å². The van der Waals surface area contributed by atoms with Gasteiger partial charge in [0.05, 0.1) is 12.2 Å². The smallest absolute Gasteiger partial charge is 0.0849 e. The average molecular weight is 204 g/mol. The van der Waals surface area contributed by atoms with Gasteiger partial charge in [0, 0.05) is 24.6 Å². The molecule has 1 atom stereocenters. The van der Waals surface area contributed by atoms with Crippen molar-refractivity contribution in [2.24, 2.45) is 0 Å². The number of hydrogen-bond donors (Lipinski definition) is 0. The molecule has 0 aliphatic carbocycles. The highest BCUT2D eigenvalue weighted by Crippen LogP contribution is 2.09. The predicted molar refractivity (Wildman–Crippen MR) is 58.6 cm³/mol. The lowest BCUT2D eigenvalue weighted by Crippen LogP contribution is -2.06. The molecular formula is C11H16N4. The van der Waals surface area contributed by atoms with Crippen LogP contribution in [0.15, 0.2) is 30.7 Å². The fourth-order valence-electron chi connectivity index (χ4n) is 1.45. The Hall–Kier alpha value is -1.58. The highest BCUT2D eigenvalue weighted by Gasteiger charge is 2.04. The third kappa shape index (κ3) is 2.26. The van der Waals surface area contributed by atoms with Gasteiger partial charge in [-0.2, -0.15) is 10.2 Å². The summed E-state index contributed by atoms with van der Waals surface area (Å²) in [7, 11) is 0. The summed E-state index contributed by atoms with van der Waals surface area (Å²) in [4.78, 5) is 0. The Labute approximate surface area is 89.5 Å². The molecule has 80 valence electrons. The Morgan fingerprint density at radius 3 is 2.93 bits per heavy atom. The van der Waals surface area contributed by atoms with E-state index in [9.17, 15) is 0 Å². The Morgan fingerprint density at radius 2 is 2.27 bits per heavy atom. The van der Waals surface area contributed by atoms with Crippen molar-refractivity contribution in [3.63, 3.8) is 0 Å². The lowest BCUT2D eigenvalue weighted by Gasteiger charge is -2.08. The van der Waals surface area contributed by atoms with Crippen molar-refractivity contribution in [3.05, 3.63) is 36.4 Å². The zero-order valence-electron chi connectivity index (χ0n) is 9.17. The highest BCUT2D eigenvalue weighted by molar-refractivity contribution is 5.00. The van der Waals surface area contributed by atoms with Crippen molar-refractivity contribution in [2.75, 3.05) is 0 Å². The van der Waals surface area contributed by atoms with Gasteiger partial charge in [0.2, 0.25) is 0 Å². The van der Waals surface area contributed by atoms with Gasteiger partial charge in [0.1, 0.15) is 0 Å². The molecule has 0 radical (unpaired) electrons. The van der Waals surface area contributed by atoms with Gasteiger partial charge in [-0.1, -0.05) is 6.92 Å². The second-order valence-corrected chi connectivity index (χ2v) is 3.75. The van der Waals surface area contributed by atoms with Gasteiger partial charge >= 0.3 is 0 Å². The van der Waals surface area contributed by atoms with Gasteiger partial charge in [0.15, 0.2) is 0 Å². The highest BCUT2D eigenvalue weighted by atomic mass is 15.3. The summed E-state index contributed by atoms with van der Waals surface area (Å²) in [6, 6.07) is 4.44. The maximum Gasteiger partial charge on any atom is 0.0849 e. The van der Waals surface area contributed by atoms with Crippen LogP contribution < -0.4 is 0 Å². The van der Waals surface area contributed by atoms with E-state index in [0.29, 0.717) is 6.04 Å². The number of rotatable bonds is 4. The molecule has 2 heterocycles. The molecule has 0 saturated carbocycles. The SMILES string of the molecule is CCC(C)n1ccc(Cn2cccn2)n1. The minimum absolute atomic E-state index is 0.469. The Morgan fingerprint density at radius 1 is 1.40 bits per heavy atom. The standard InChI is InChI=1S/C11H16N4/c1-3-10(2)15-8-5-11(13-15)9-14-7-4-6-12-14/h4-8,10H,3,9H2,1-2H3. The van der Waals surface area contributed by atoms with Gasteiger partial charge < -0.3 is 0 Å². The van der Waals surface area contributed by atoms with E-state index in [0.717, 1.165) is 18.7 Å². The molecule has 4 nitrogen and oxygen atoms in total. The van der Waals surface area contributed by atoms with Crippen molar-refractivity contribution in [2.45, 2.75) is 32.9 Å². The summed E-state index contributed by atoms with van der Waals surface area (Å²) in [6.45, 7) is 5.08. The molecule has 0 aliphatic rings. The lowest BCUT2D eigenvalue weighted by atomic mass is 10.3. The molecule has 0 aliphatic heterocycles. The topological polar surface area (TPSA) is 35.6 Å². The summed E-state index contributed by atoms with van der Waals surface area (Å²) in [5.74, 6) is 0. The summed E-state index contributed by atoms with van der Waals surface area (Å²) in [5, 5.41) is 8.66. The fraction of sp³-hybridized carbons (Fsp3) is 0.455. The van der Waals surface area contributed by atoms with Crippen LogP contribution in [-0.2, 0) is 6.54 Å². The van der Waals surface area contributed by atoms with Crippen molar-refractivity contribution in [1.29, 1.82) is 0 Å². The first-order valence-electron chi connectivity index (χ1n) is 5.31. The zero-order valence-corrected chi connectivity index (χ0v) is 9.17. The molecule has 0 bridgehead atoms. The van der Waals surface area contributed by atoms with E-state index in [1.807, 2.05) is 33.9 Å². The minimum Gasteiger partial charge on any atom is -0.270 e. The molecule has 0 saturated heterocycles. The van der Waals surface area contributed by atoms with Crippen LogP contribution in [0, 0.1) is 0 Å². The van der Waals surface area contributed by atoms with Gasteiger partial charge in [-0.25, -0.2) is 0 Å². The van der Waals surface area contributed by atoms with Crippen LogP contribution in [0.5, 0.6) is 0 Å². The molecule has 0 aromatic carbocycles. The quantitative estimate of drug-likeness (QED) is 0.764. The summed E-state index contributed by atoms with van der Waals surface area (Å²) < 4.78 is 3.89. The van der Waals surface area contributed by atoms with Gasteiger partial charge in [-0.05, 0) is 25.5 Å². The predicted octanol–water partition coefficient (Wildman–Crippen LogP) is 2.10. The summed E-state index contributed by atoms with van der Waals surface area (Å²) in [6.07, 6.45) is 6.86. The summed E-state index contributed by atoms with van der Waals surface area (Å²) in [5.41, 5.74) is 1.05. The lowest BCUT2D eigenvalue weighted by molar-refractivity contribution is 0.471. The van der Waals surface area contributed by atoms with Crippen LogP contribution >= 0.6 is 0 Å². The maximum absolute atomic E-state index is 4.51. The molecular weight excluding hydrogens is 188 g/mol. The first-order chi connectivity index (χ1) is 7.29. The summed E-state index contributed by atoms with van der Waals surface area (Å²) >= 11 is 0. The molecule has 2 aromatic heterocycles. The molecule has 15 heavy (non-hydrogen) atoms. The van der Waals surface area contributed by atoms with E-state index in [-0.39, 0.29) is 0 Å². The molecule has 1 unspecified atom stereocenters. The van der Waals surface area contributed by atoms with E-state index in [1.54, 1.807) is 6.20 Å². The Kier molecular flexibility index (Phi) is 2.85. The van der Waals surface area contributed by atoms with Crippen molar-refractivity contribution < 1.29 is 0 Å². The number of hydrogen-bond acceptors (Lipinski definition) is 2. The van der Waals surface area contributed by atoms with Crippen LogP contribution in [0.3, 0.4) is 0 Å². The average Bonchev–Trinajstić information content (AvgIpc) is 2.88. The Bertz CT molecular complexity index is 402. The maximum atomic E-state index is 4.51.